The maximum absolute atomic E-state index is 13.0. The monoisotopic (exact) mass is 433 g/mol. The summed E-state index contributed by atoms with van der Waals surface area (Å²) in [6.07, 6.45) is -4.48. The Labute approximate surface area is 180 Å². The normalized spacial score (nSPS) is 17.3. The third-order valence-electron chi connectivity index (χ3n) is 6.02. The summed E-state index contributed by atoms with van der Waals surface area (Å²) in [6.45, 7) is 7.61. The van der Waals surface area contributed by atoms with Crippen LogP contribution in [0, 0.1) is 0 Å². The number of ether oxygens (including phenoxy) is 1. The third-order valence-corrected chi connectivity index (χ3v) is 6.02. The summed E-state index contributed by atoms with van der Waals surface area (Å²) in [7, 11) is 1.89. The van der Waals surface area contributed by atoms with Crippen LogP contribution in [-0.4, -0.2) is 30.5 Å². The Bertz CT molecular complexity index is 1010. The second-order valence-corrected chi connectivity index (χ2v) is 9.01. The maximum atomic E-state index is 13.0. The van der Waals surface area contributed by atoms with Crippen LogP contribution in [-0.2, 0) is 27.8 Å². The molecule has 0 aromatic heterocycles. The molecule has 0 saturated heterocycles. The zero-order valence-corrected chi connectivity index (χ0v) is 18.3. The highest BCUT2D eigenvalue weighted by Gasteiger charge is 2.48. The van der Waals surface area contributed by atoms with Crippen molar-refractivity contribution in [1.82, 2.24) is 0 Å². The molecule has 2 aromatic rings. The lowest BCUT2D eigenvalue weighted by molar-refractivity contribution is -0.274. The highest BCUT2D eigenvalue weighted by atomic mass is 19.4. The van der Waals surface area contributed by atoms with Gasteiger partial charge in [0.2, 0.25) is 0 Å². The van der Waals surface area contributed by atoms with E-state index in [1.54, 1.807) is 0 Å². The first kappa shape index (κ1) is 22.8. The van der Waals surface area contributed by atoms with E-state index in [0.29, 0.717) is 5.56 Å². The molecule has 0 radical (unpaired) electrons. The quantitative estimate of drug-likeness (QED) is 0.665. The molecular formula is C24H26F3NO3. The Balaban J connectivity index is 1.75. The molecule has 0 saturated carbocycles. The molecule has 1 heterocycles. The van der Waals surface area contributed by atoms with E-state index >= 15 is 0 Å². The summed E-state index contributed by atoms with van der Waals surface area (Å²) >= 11 is 0. The number of alkyl halides is 3. The topological polar surface area (TPSA) is 46.6 Å². The van der Waals surface area contributed by atoms with Crippen LogP contribution in [0.15, 0.2) is 42.5 Å². The molecule has 1 aliphatic rings. The summed E-state index contributed by atoms with van der Waals surface area (Å²) in [5.74, 6) is -0.282. The van der Waals surface area contributed by atoms with Crippen LogP contribution in [0.2, 0.25) is 0 Å². The van der Waals surface area contributed by atoms with Crippen molar-refractivity contribution in [2.75, 3.05) is 11.9 Å². The Morgan fingerprint density at radius 1 is 0.968 bits per heavy atom. The Kier molecular flexibility index (Phi) is 5.67. The van der Waals surface area contributed by atoms with Crippen LogP contribution in [0.1, 0.15) is 44.4 Å². The maximum Gasteiger partial charge on any atom is 0.573 e. The van der Waals surface area contributed by atoms with E-state index in [4.69, 9.17) is 0 Å². The number of carbonyl (C=O) groups excluding carboxylic acids is 2. The molecule has 0 atom stereocenters. The molecule has 2 aromatic carbocycles. The number of likely N-dealkylation sites (N-methyl/N-ethyl adjacent to an activating group) is 1. The largest absolute Gasteiger partial charge is 0.573 e. The third kappa shape index (κ3) is 4.60. The van der Waals surface area contributed by atoms with Gasteiger partial charge in [0.1, 0.15) is 11.5 Å². The first-order valence-electron chi connectivity index (χ1n) is 10.0. The molecule has 0 spiro atoms. The fraction of sp³-hybridized carbons (Fsp3) is 0.417. The van der Waals surface area contributed by atoms with E-state index in [9.17, 15) is 22.8 Å². The van der Waals surface area contributed by atoms with Crippen LogP contribution in [0.4, 0.5) is 18.9 Å². The highest BCUT2D eigenvalue weighted by molar-refractivity contribution is 6.03. The molecule has 0 N–H and O–H groups in total. The predicted octanol–water partition coefficient (Wildman–Crippen LogP) is 5.01. The summed E-state index contributed by atoms with van der Waals surface area (Å²) in [6, 6.07) is 11.0. The second kappa shape index (κ2) is 7.70. The van der Waals surface area contributed by atoms with Gasteiger partial charge in [-0.15, -0.1) is 13.2 Å². The van der Waals surface area contributed by atoms with Crippen molar-refractivity contribution >= 4 is 17.3 Å². The number of fused-ring (bicyclic) bond motifs is 1. The number of hydrogen-bond donors (Lipinski definition) is 0. The number of hydrogen-bond acceptors (Lipinski definition) is 4. The Hall–Kier alpha value is -2.83. The van der Waals surface area contributed by atoms with Crippen LogP contribution in [0.5, 0.6) is 5.75 Å². The number of halogens is 3. The molecule has 31 heavy (non-hydrogen) atoms. The molecule has 166 valence electrons. The predicted molar refractivity (Wildman–Crippen MR) is 112 cm³/mol. The van der Waals surface area contributed by atoms with Crippen molar-refractivity contribution < 1.29 is 27.5 Å². The standard InChI is InChI=1S/C24H26F3NO3/c1-22(2)19-14-16(8-11-20(19)28(5)23(3,4)21(22)30)13-17(29)12-15-6-9-18(10-7-15)31-24(25,26)27/h6-11,14H,12-13H2,1-5H3. The molecule has 4 nitrogen and oxygen atoms in total. The first-order chi connectivity index (χ1) is 14.2. The van der Waals surface area contributed by atoms with Crippen molar-refractivity contribution in [2.24, 2.45) is 0 Å². The Morgan fingerprint density at radius 3 is 2.10 bits per heavy atom. The van der Waals surface area contributed by atoms with E-state index in [2.05, 4.69) is 4.74 Å². The summed E-state index contributed by atoms with van der Waals surface area (Å²) < 4.78 is 40.6. The minimum atomic E-state index is -4.75. The van der Waals surface area contributed by atoms with Crippen LogP contribution in [0.25, 0.3) is 0 Å². The van der Waals surface area contributed by atoms with E-state index < -0.39 is 17.3 Å². The summed E-state index contributed by atoms with van der Waals surface area (Å²) in [5, 5.41) is 0. The average molecular weight is 433 g/mol. The molecule has 0 aliphatic carbocycles. The van der Waals surface area contributed by atoms with Gasteiger partial charge in [-0.2, -0.15) is 0 Å². The van der Waals surface area contributed by atoms with Gasteiger partial charge in [-0.25, -0.2) is 0 Å². The molecule has 0 amide bonds. The van der Waals surface area contributed by atoms with Crippen molar-refractivity contribution in [3.8, 4) is 5.75 Å². The Morgan fingerprint density at radius 2 is 1.52 bits per heavy atom. The SMILES string of the molecule is CN1c2ccc(CC(=O)Cc3ccc(OC(F)(F)F)cc3)cc2C(C)(C)C(=O)C1(C)C. The fourth-order valence-electron chi connectivity index (χ4n) is 4.15. The zero-order chi connectivity index (χ0) is 23.2. The molecule has 3 rings (SSSR count). The fourth-order valence-corrected chi connectivity index (χ4v) is 4.15. The number of anilines is 1. The van der Waals surface area contributed by atoms with E-state index in [1.807, 2.05) is 57.8 Å². The molecule has 7 heteroatoms. The number of rotatable bonds is 5. The number of Topliss-reactive ketones (excluding diaryl/α,β-unsaturated/α-hetero) is 2. The first-order valence-corrected chi connectivity index (χ1v) is 10.0. The van der Waals surface area contributed by atoms with Crippen molar-refractivity contribution in [3.63, 3.8) is 0 Å². The minimum Gasteiger partial charge on any atom is -0.406 e. The number of ketones is 2. The van der Waals surface area contributed by atoms with Crippen molar-refractivity contribution in [1.29, 1.82) is 0 Å². The van der Waals surface area contributed by atoms with Gasteiger partial charge in [0, 0.05) is 25.6 Å². The van der Waals surface area contributed by atoms with Gasteiger partial charge in [0.15, 0.2) is 5.78 Å². The van der Waals surface area contributed by atoms with Gasteiger partial charge in [-0.1, -0.05) is 24.3 Å². The summed E-state index contributed by atoms with van der Waals surface area (Å²) in [4.78, 5) is 27.6. The van der Waals surface area contributed by atoms with Crippen LogP contribution < -0.4 is 9.64 Å². The van der Waals surface area contributed by atoms with Crippen LogP contribution in [0.3, 0.4) is 0 Å². The lowest BCUT2D eigenvalue weighted by Crippen LogP contribution is -2.58. The molecule has 0 unspecified atom stereocenters. The van der Waals surface area contributed by atoms with E-state index in [1.165, 1.54) is 24.3 Å². The molecule has 1 aliphatic heterocycles. The van der Waals surface area contributed by atoms with Gasteiger partial charge < -0.3 is 9.64 Å². The van der Waals surface area contributed by atoms with Crippen molar-refractivity contribution in [3.05, 3.63) is 59.2 Å². The lowest BCUT2D eigenvalue weighted by Gasteiger charge is -2.48. The molecule has 0 bridgehead atoms. The zero-order valence-electron chi connectivity index (χ0n) is 18.3. The van der Waals surface area contributed by atoms with Crippen molar-refractivity contribution in [2.45, 2.75) is 57.9 Å². The van der Waals surface area contributed by atoms with Crippen LogP contribution >= 0.6 is 0 Å². The molecular weight excluding hydrogens is 407 g/mol. The van der Waals surface area contributed by atoms with Gasteiger partial charge in [-0.3, -0.25) is 9.59 Å². The van der Waals surface area contributed by atoms with Gasteiger partial charge >= 0.3 is 6.36 Å². The minimum absolute atomic E-state index is 0.0712. The van der Waals surface area contributed by atoms with Gasteiger partial charge in [0.25, 0.3) is 0 Å². The second-order valence-electron chi connectivity index (χ2n) is 9.01. The number of benzene rings is 2. The van der Waals surface area contributed by atoms with E-state index in [-0.39, 0.29) is 30.2 Å². The highest BCUT2D eigenvalue weighted by Crippen LogP contribution is 2.44. The smallest absolute Gasteiger partial charge is 0.406 e. The van der Waals surface area contributed by atoms with Gasteiger partial charge in [0.05, 0.1) is 11.0 Å². The average Bonchev–Trinajstić information content (AvgIpc) is 2.66. The summed E-state index contributed by atoms with van der Waals surface area (Å²) in [5.41, 5.74) is 1.95. The number of carbonyl (C=O) groups is 2. The molecule has 0 fully saturated rings. The number of nitrogens with zero attached hydrogens (tertiary/aromatic N) is 1. The van der Waals surface area contributed by atoms with Gasteiger partial charge in [-0.05, 0) is 62.6 Å². The van der Waals surface area contributed by atoms with E-state index in [0.717, 1.165) is 16.8 Å². The lowest BCUT2D eigenvalue weighted by atomic mass is 9.68.